The summed E-state index contributed by atoms with van der Waals surface area (Å²) in [6.07, 6.45) is 8.37. The maximum absolute atomic E-state index is 13.3. The van der Waals surface area contributed by atoms with Crippen molar-refractivity contribution in [2.24, 2.45) is 5.92 Å². The van der Waals surface area contributed by atoms with Crippen LogP contribution in [0.25, 0.3) is 0 Å². The minimum Gasteiger partial charge on any atom is -0.395 e. The Morgan fingerprint density at radius 1 is 1.17 bits per heavy atom. The highest BCUT2D eigenvalue weighted by molar-refractivity contribution is 7.92. The average molecular weight is 500 g/mol. The van der Waals surface area contributed by atoms with Crippen LogP contribution in [-0.2, 0) is 10.0 Å². The number of nitrogens with zero attached hydrogens (tertiary/aromatic N) is 2. The van der Waals surface area contributed by atoms with E-state index in [-0.39, 0.29) is 11.7 Å². The van der Waals surface area contributed by atoms with Crippen LogP contribution in [0.4, 0.5) is 23.0 Å². The van der Waals surface area contributed by atoms with E-state index in [0.717, 1.165) is 56.7 Å². The number of sulfonamides is 1. The number of hydrogen-bond acceptors (Lipinski definition) is 7. The predicted octanol–water partition coefficient (Wildman–Crippen LogP) is 3.35. The number of nitrogens with one attached hydrogen (secondary N) is 3. The highest BCUT2D eigenvalue weighted by atomic mass is 32.2. The summed E-state index contributed by atoms with van der Waals surface area (Å²) in [4.78, 5) is 20.1. The second kappa shape index (κ2) is 11.1. The molecule has 0 atom stereocenters. The van der Waals surface area contributed by atoms with Gasteiger partial charge in [-0.1, -0.05) is 18.2 Å². The van der Waals surface area contributed by atoms with E-state index in [2.05, 4.69) is 37.4 Å². The number of aryl methyl sites for hydroxylation is 1. The molecule has 3 aliphatic heterocycles. The van der Waals surface area contributed by atoms with Gasteiger partial charge in [0.1, 0.15) is 11.6 Å². The molecule has 5 rings (SSSR count). The molecule has 4 heterocycles. The Bertz CT molecular complexity index is 1190. The van der Waals surface area contributed by atoms with Gasteiger partial charge in [-0.15, -0.1) is 0 Å². The first kappa shape index (κ1) is 25.0. The summed E-state index contributed by atoms with van der Waals surface area (Å²) >= 11 is 0. The van der Waals surface area contributed by atoms with Crippen molar-refractivity contribution < 1.29 is 18.3 Å². The number of pyridine rings is 1. The number of amides is 1. The van der Waals surface area contributed by atoms with Gasteiger partial charge in [-0.05, 0) is 68.4 Å². The van der Waals surface area contributed by atoms with E-state index in [9.17, 15) is 13.2 Å². The molecule has 188 valence electrons. The molecule has 1 fully saturated rings. The molecule has 1 aromatic heterocycles. The number of rotatable bonds is 4. The summed E-state index contributed by atoms with van der Waals surface area (Å²) in [6.45, 7) is 3.82. The topological polar surface area (TPSA) is 124 Å². The van der Waals surface area contributed by atoms with Crippen LogP contribution < -0.4 is 20.3 Å². The van der Waals surface area contributed by atoms with Crippen molar-refractivity contribution in [1.29, 1.82) is 0 Å². The molecule has 1 aromatic carbocycles. The third-order valence-corrected chi connectivity index (χ3v) is 7.68. The molecule has 0 aliphatic carbocycles. The van der Waals surface area contributed by atoms with Crippen molar-refractivity contribution in [1.82, 2.24) is 4.98 Å². The molecule has 35 heavy (non-hydrogen) atoms. The van der Waals surface area contributed by atoms with Gasteiger partial charge >= 0.3 is 0 Å². The van der Waals surface area contributed by atoms with E-state index in [1.807, 2.05) is 13.0 Å². The van der Waals surface area contributed by atoms with Crippen LogP contribution in [0, 0.1) is 12.8 Å². The van der Waals surface area contributed by atoms with Crippen LogP contribution >= 0.6 is 0 Å². The highest BCUT2D eigenvalue weighted by Crippen LogP contribution is 2.31. The van der Waals surface area contributed by atoms with Crippen LogP contribution in [0.2, 0.25) is 0 Å². The van der Waals surface area contributed by atoms with E-state index in [1.54, 1.807) is 24.3 Å². The molecular weight excluding hydrogens is 466 g/mol. The first-order valence-electron chi connectivity index (χ1n) is 12.0. The smallest absolute Gasteiger partial charge is 0.258 e. The monoisotopic (exact) mass is 499 g/mol. The zero-order valence-corrected chi connectivity index (χ0v) is 20.8. The molecule has 4 bridgehead atoms. The van der Waals surface area contributed by atoms with Gasteiger partial charge in [-0.3, -0.25) is 9.52 Å². The zero-order valence-electron chi connectivity index (χ0n) is 20.0. The Morgan fingerprint density at radius 2 is 1.97 bits per heavy atom. The number of carbonyl (C=O) groups is 1. The second-order valence-electron chi connectivity index (χ2n) is 9.05. The van der Waals surface area contributed by atoms with Crippen LogP contribution in [0.3, 0.4) is 0 Å². The SMILES string of the molecule is Cc1ccc2nc1NCC/C=C/CC1CCN(CC1)c1cc(NS(=O)(=O)CCO)ccc1C(=O)N2. The summed E-state index contributed by atoms with van der Waals surface area (Å²) in [6, 6.07) is 8.60. The Morgan fingerprint density at radius 3 is 2.74 bits per heavy atom. The fourth-order valence-corrected chi connectivity index (χ4v) is 5.28. The van der Waals surface area contributed by atoms with E-state index < -0.39 is 16.6 Å². The molecule has 2 aromatic rings. The number of hydrogen-bond donors (Lipinski definition) is 4. The van der Waals surface area contributed by atoms with Gasteiger partial charge in [0.2, 0.25) is 10.0 Å². The Labute approximate surface area is 206 Å². The molecule has 9 nitrogen and oxygen atoms in total. The van der Waals surface area contributed by atoms with Gasteiger partial charge in [-0.2, -0.15) is 0 Å². The number of aliphatic hydroxyl groups is 1. The highest BCUT2D eigenvalue weighted by Gasteiger charge is 2.24. The van der Waals surface area contributed by atoms with Crippen molar-refractivity contribution in [2.45, 2.75) is 32.6 Å². The van der Waals surface area contributed by atoms with E-state index >= 15 is 0 Å². The van der Waals surface area contributed by atoms with Gasteiger partial charge in [0, 0.05) is 19.6 Å². The average Bonchev–Trinajstić information content (AvgIpc) is 2.82. The maximum atomic E-state index is 13.3. The van der Waals surface area contributed by atoms with E-state index in [4.69, 9.17) is 5.11 Å². The lowest BCUT2D eigenvalue weighted by atomic mass is 9.92. The zero-order chi connectivity index (χ0) is 24.8. The van der Waals surface area contributed by atoms with E-state index in [0.29, 0.717) is 28.7 Å². The lowest BCUT2D eigenvalue weighted by Gasteiger charge is -2.34. The number of benzene rings is 1. The first-order valence-corrected chi connectivity index (χ1v) is 13.7. The Hall–Kier alpha value is -3.11. The quantitative estimate of drug-likeness (QED) is 0.476. The van der Waals surface area contributed by atoms with Crippen LogP contribution in [-0.4, -0.2) is 56.4 Å². The molecule has 0 saturated carbocycles. The molecule has 3 aliphatic rings. The number of piperidine rings is 1. The molecule has 0 spiro atoms. The lowest BCUT2D eigenvalue weighted by molar-refractivity contribution is 0.102. The van der Waals surface area contributed by atoms with Crippen LogP contribution in [0.15, 0.2) is 42.5 Å². The molecule has 10 heteroatoms. The largest absolute Gasteiger partial charge is 0.395 e. The minimum absolute atomic E-state index is 0.305. The molecule has 0 radical (unpaired) electrons. The predicted molar refractivity (Wildman–Crippen MR) is 140 cm³/mol. The first-order chi connectivity index (χ1) is 16.8. The van der Waals surface area contributed by atoms with Gasteiger partial charge in [-0.25, -0.2) is 13.4 Å². The van der Waals surface area contributed by atoms with Crippen molar-refractivity contribution in [3.8, 4) is 0 Å². The number of fused-ring (bicyclic) bond motifs is 7. The Kier molecular flexibility index (Phi) is 7.92. The lowest BCUT2D eigenvalue weighted by Crippen LogP contribution is -2.35. The summed E-state index contributed by atoms with van der Waals surface area (Å²) in [5.74, 6) is 1.06. The van der Waals surface area contributed by atoms with Gasteiger partial charge in [0.05, 0.1) is 29.3 Å². The molecule has 1 saturated heterocycles. The minimum atomic E-state index is -3.68. The number of aromatic nitrogens is 1. The molecule has 1 amide bonds. The maximum Gasteiger partial charge on any atom is 0.258 e. The number of allylic oxidation sites excluding steroid dienone is 1. The number of carbonyl (C=O) groups excluding carboxylic acids is 1. The normalized spacial score (nSPS) is 18.2. The fourth-order valence-electron chi connectivity index (χ4n) is 4.45. The van der Waals surface area contributed by atoms with Crippen molar-refractivity contribution >= 4 is 38.9 Å². The van der Waals surface area contributed by atoms with Gasteiger partial charge < -0.3 is 20.6 Å². The third kappa shape index (κ3) is 6.52. The fraction of sp³-hybridized carbons (Fsp3) is 0.440. The molecule has 0 unspecified atom stereocenters. The summed E-state index contributed by atoms with van der Waals surface area (Å²) in [7, 11) is -3.68. The number of aliphatic hydroxyl groups excluding tert-OH is 1. The Balaban J connectivity index is 1.69. The van der Waals surface area contributed by atoms with Crippen molar-refractivity contribution in [3.05, 3.63) is 53.6 Å². The molecule has 4 N–H and O–H groups in total. The van der Waals surface area contributed by atoms with Gasteiger partial charge in [0.15, 0.2) is 0 Å². The van der Waals surface area contributed by atoms with Crippen LogP contribution in [0.5, 0.6) is 0 Å². The van der Waals surface area contributed by atoms with E-state index in [1.165, 1.54) is 0 Å². The van der Waals surface area contributed by atoms with Crippen molar-refractivity contribution in [3.63, 3.8) is 0 Å². The van der Waals surface area contributed by atoms with Crippen LogP contribution in [0.1, 0.15) is 41.6 Å². The summed E-state index contributed by atoms with van der Waals surface area (Å²) in [5, 5.41) is 15.3. The third-order valence-electron chi connectivity index (χ3n) is 6.41. The standard InChI is InChI=1S/C25H33N5O4S/c1-18-6-9-23-27-24(18)26-12-4-2-3-5-19-10-13-30(14-11-19)22-17-20(29-35(33,34)16-15-31)7-8-21(22)25(32)28-23/h2-3,6-9,17,19,29,31H,4-5,10-16H2,1H3,(H2,26,27,28,32)/b3-2+. The second-order valence-corrected chi connectivity index (χ2v) is 10.9. The van der Waals surface area contributed by atoms with Gasteiger partial charge in [0.25, 0.3) is 5.91 Å². The summed E-state index contributed by atoms with van der Waals surface area (Å²) < 4.78 is 26.9. The van der Waals surface area contributed by atoms with Crippen molar-refractivity contribution in [2.75, 3.05) is 52.2 Å². The molecular formula is C25H33N5O4S. The number of anilines is 4. The summed E-state index contributed by atoms with van der Waals surface area (Å²) in [5.41, 5.74) is 2.49.